The number of para-hydroxylation sites is 3. The van der Waals surface area contributed by atoms with Crippen LogP contribution in [0.3, 0.4) is 0 Å². The second-order valence-corrected chi connectivity index (χ2v) is 5.98. The van der Waals surface area contributed by atoms with Gasteiger partial charge >= 0.3 is 0 Å². The second kappa shape index (κ2) is 6.12. The number of anilines is 2. The smallest absolute Gasteiger partial charge is 0.262 e. The molecule has 0 bridgehead atoms. The number of ether oxygens (including phenoxy) is 1. The molecule has 3 rings (SSSR count). The summed E-state index contributed by atoms with van der Waals surface area (Å²) in [6.07, 6.45) is -0.0351. The Hall–Kier alpha value is -2.21. The highest BCUT2D eigenvalue weighted by molar-refractivity contribution is 7.81. The monoisotopic (exact) mass is 332 g/mol. The van der Waals surface area contributed by atoms with Crippen LogP contribution in [0, 0.1) is 5.82 Å². The van der Waals surface area contributed by atoms with Crippen LogP contribution in [0.25, 0.3) is 0 Å². The highest BCUT2D eigenvalue weighted by atomic mass is 32.1. The van der Waals surface area contributed by atoms with E-state index in [0.717, 1.165) is 0 Å². The van der Waals surface area contributed by atoms with Crippen LogP contribution < -0.4 is 15.0 Å². The first-order valence-electron chi connectivity index (χ1n) is 7.31. The van der Waals surface area contributed by atoms with Gasteiger partial charge in [-0.15, -0.1) is 12.6 Å². The third-order valence-corrected chi connectivity index (χ3v) is 3.83. The molecule has 0 spiro atoms. The van der Waals surface area contributed by atoms with E-state index in [4.69, 9.17) is 4.74 Å². The Kier molecular flexibility index (Phi) is 4.17. The molecular weight excluding hydrogens is 315 g/mol. The van der Waals surface area contributed by atoms with E-state index in [0.29, 0.717) is 11.4 Å². The Balaban J connectivity index is 2.06. The number of thiol groups is 1. The lowest BCUT2D eigenvalue weighted by molar-refractivity contribution is 0.0981. The number of nitrogens with zero attached hydrogens (tertiary/aromatic N) is 1. The van der Waals surface area contributed by atoms with E-state index in [-0.39, 0.29) is 23.3 Å². The van der Waals surface area contributed by atoms with E-state index >= 15 is 0 Å². The zero-order valence-corrected chi connectivity index (χ0v) is 13.7. The predicted molar refractivity (Wildman–Crippen MR) is 91.8 cm³/mol. The number of hydrogen-bond acceptors (Lipinski definition) is 4. The minimum absolute atomic E-state index is 0.0351. The van der Waals surface area contributed by atoms with Gasteiger partial charge in [-0.25, -0.2) is 4.39 Å². The van der Waals surface area contributed by atoms with Crippen molar-refractivity contribution in [2.45, 2.75) is 25.4 Å². The Labute approximate surface area is 139 Å². The average Bonchev–Trinajstić information content (AvgIpc) is 2.50. The summed E-state index contributed by atoms with van der Waals surface area (Å²) in [4.78, 5) is 14.3. The third-order valence-electron chi connectivity index (χ3n) is 3.47. The van der Waals surface area contributed by atoms with Gasteiger partial charge in [-0.1, -0.05) is 18.2 Å². The third kappa shape index (κ3) is 2.86. The summed E-state index contributed by atoms with van der Waals surface area (Å²) in [6.45, 7) is 3.83. The summed E-state index contributed by atoms with van der Waals surface area (Å²) in [5.41, 5.74) is 0.350. The molecule has 0 saturated carbocycles. The van der Waals surface area contributed by atoms with Crippen molar-refractivity contribution >= 4 is 29.9 Å². The molecule has 2 aromatic rings. The molecule has 4 nitrogen and oxygen atoms in total. The normalized spacial score (nSPS) is 17.0. The molecule has 23 heavy (non-hydrogen) atoms. The molecule has 1 atom stereocenters. The van der Waals surface area contributed by atoms with Crippen LogP contribution in [0.15, 0.2) is 42.5 Å². The van der Waals surface area contributed by atoms with E-state index in [1.54, 1.807) is 18.2 Å². The summed E-state index contributed by atoms with van der Waals surface area (Å²) in [5, 5.41) is 2.93. The summed E-state index contributed by atoms with van der Waals surface area (Å²) in [6, 6.07) is 11.6. The van der Waals surface area contributed by atoms with Gasteiger partial charge in [-0.3, -0.25) is 9.69 Å². The number of carbonyl (C=O) groups is 1. The maximum Gasteiger partial charge on any atom is 0.262 e. The zero-order chi connectivity index (χ0) is 16.6. The van der Waals surface area contributed by atoms with Crippen LogP contribution in [0.1, 0.15) is 24.2 Å². The summed E-state index contributed by atoms with van der Waals surface area (Å²) in [7, 11) is 0. The van der Waals surface area contributed by atoms with Crippen LogP contribution in [-0.4, -0.2) is 17.5 Å². The quantitative estimate of drug-likeness (QED) is 0.838. The number of rotatable bonds is 3. The van der Waals surface area contributed by atoms with Gasteiger partial charge in [0, 0.05) is 0 Å². The molecule has 1 aliphatic heterocycles. The number of carbonyl (C=O) groups excluding carboxylic acids is 1. The molecule has 0 saturated heterocycles. The highest BCUT2D eigenvalue weighted by Crippen LogP contribution is 2.37. The Morgan fingerprint density at radius 2 is 1.96 bits per heavy atom. The van der Waals surface area contributed by atoms with Crippen LogP contribution in [0.2, 0.25) is 0 Å². The van der Waals surface area contributed by atoms with Gasteiger partial charge in [0.05, 0.1) is 23.0 Å². The minimum atomic E-state index is -0.691. The van der Waals surface area contributed by atoms with Gasteiger partial charge < -0.3 is 10.1 Å². The Bertz CT molecular complexity index is 751. The van der Waals surface area contributed by atoms with Crippen molar-refractivity contribution in [3.05, 3.63) is 53.8 Å². The fraction of sp³-hybridized carbons (Fsp3) is 0.235. The predicted octanol–water partition coefficient (Wildman–Crippen LogP) is 3.90. The molecule has 2 aromatic carbocycles. The van der Waals surface area contributed by atoms with Crippen molar-refractivity contribution in [1.82, 2.24) is 0 Å². The molecule has 1 unspecified atom stereocenters. The van der Waals surface area contributed by atoms with Crippen molar-refractivity contribution in [3.63, 3.8) is 0 Å². The average molecular weight is 332 g/mol. The van der Waals surface area contributed by atoms with Crippen molar-refractivity contribution in [1.29, 1.82) is 0 Å². The van der Waals surface area contributed by atoms with Crippen LogP contribution in [-0.2, 0) is 0 Å². The topological polar surface area (TPSA) is 41.6 Å². The maximum absolute atomic E-state index is 13.9. The first-order chi connectivity index (χ1) is 11.0. The van der Waals surface area contributed by atoms with Crippen molar-refractivity contribution in [2.24, 2.45) is 0 Å². The molecule has 0 aliphatic carbocycles. The minimum Gasteiger partial charge on any atom is -0.489 e. The molecule has 0 radical (unpaired) electrons. The van der Waals surface area contributed by atoms with Gasteiger partial charge in [0.1, 0.15) is 11.6 Å². The molecular formula is C17H17FN2O2S. The van der Waals surface area contributed by atoms with E-state index in [1.165, 1.54) is 17.0 Å². The lowest BCUT2D eigenvalue weighted by Crippen LogP contribution is -2.46. The molecule has 120 valence electrons. The SMILES string of the molecule is CC(C)Oc1ccccc1N1C(=O)c2cccc(F)c2NC1S. The van der Waals surface area contributed by atoms with Gasteiger partial charge in [0.15, 0.2) is 5.50 Å². The summed E-state index contributed by atoms with van der Waals surface area (Å²) < 4.78 is 19.7. The first-order valence-corrected chi connectivity index (χ1v) is 7.83. The number of nitrogens with one attached hydrogen (secondary N) is 1. The zero-order valence-electron chi connectivity index (χ0n) is 12.8. The van der Waals surface area contributed by atoms with Crippen molar-refractivity contribution in [3.8, 4) is 5.75 Å². The van der Waals surface area contributed by atoms with Crippen molar-refractivity contribution in [2.75, 3.05) is 10.2 Å². The molecule has 0 fully saturated rings. The van der Waals surface area contributed by atoms with Gasteiger partial charge in [-0.2, -0.15) is 0 Å². The maximum atomic E-state index is 13.9. The van der Waals surface area contributed by atoms with Gasteiger partial charge in [0.2, 0.25) is 0 Å². The Morgan fingerprint density at radius 3 is 2.70 bits per heavy atom. The fourth-order valence-electron chi connectivity index (χ4n) is 2.53. The fourth-order valence-corrected chi connectivity index (χ4v) is 2.89. The van der Waals surface area contributed by atoms with E-state index in [9.17, 15) is 9.18 Å². The molecule has 1 amide bonds. The molecule has 1 aliphatic rings. The van der Waals surface area contributed by atoms with Crippen LogP contribution >= 0.6 is 12.6 Å². The number of halogens is 1. The van der Waals surface area contributed by atoms with E-state index in [1.807, 2.05) is 26.0 Å². The van der Waals surface area contributed by atoms with E-state index < -0.39 is 11.3 Å². The molecule has 0 aromatic heterocycles. The largest absolute Gasteiger partial charge is 0.489 e. The van der Waals surface area contributed by atoms with Crippen LogP contribution in [0.4, 0.5) is 15.8 Å². The standard InChI is InChI=1S/C17H17FN2O2S/c1-10(2)22-14-9-4-3-8-13(14)20-16(21)11-6-5-7-12(18)15(11)19-17(20)23/h3-10,17,19,23H,1-2H3. The highest BCUT2D eigenvalue weighted by Gasteiger charge is 2.34. The van der Waals surface area contributed by atoms with Crippen LogP contribution in [0.5, 0.6) is 5.75 Å². The Morgan fingerprint density at radius 1 is 1.22 bits per heavy atom. The number of benzene rings is 2. The number of hydrogen-bond donors (Lipinski definition) is 2. The molecule has 1 heterocycles. The second-order valence-electron chi connectivity index (χ2n) is 5.49. The van der Waals surface area contributed by atoms with E-state index in [2.05, 4.69) is 17.9 Å². The number of amides is 1. The first kappa shape index (κ1) is 15.7. The lowest BCUT2D eigenvalue weighted by Gasteiger charge is -2.36. The lowest BCUT2D eigenvalue weighted by atomic mass is 10.1. The summed E-state index contributed by atoms with van der Waals surface area (Å²) in [5.74, 6) is -0.212. The van der Waals surface area contributed by atoms with Gasteiger partial charge in [-0.05, 0) is 38.1 Å². The molecule has 6 heteroatoms. The molecule has 1 N–H and O–H groups in total. The van der Waals surface area contributed by atoms with Gasteiger partial charge in [0.25, 0.3) is 5.91 Å². The van der Waals surface area contributed by atoms with Crippen molar-refractivity contribution < 1.29 is 13.9 Å². The summed E-state index contributed by atoms with van der Waals surface area (Å²) >= 11 is 4.41. The number of fused-ring (bicyclic) bond motifs is 1.